The molecule has 7 nitrogen and oxygen atoms in total. The van der Waals surface area contributed by atoms with Crippen molar-refractivity contribution in [2.45, 2.75) is 11.4 Å². The Bertz CT molecular complexity index is 1000. The topological polar surface area (TPSA) is 84.0 Å². The summed E-state index contributed by atoms with van der Waals surface area (Å²) >= 11 is 0. The Balaban J connectivity index is 2.00. The van der Waals surface area contributed by atoms with Gasteiger partial charge in [0.1, 0.15) is 5.75 Å². The van der Waals surface area contributed by atoms with Gasteiger partial charge in [-0.3, -0.25) is 4.31 Å². The first-order valence-corrected chi connectivity index (χ1v) is 11.2. The van der Waals surface area contributed by atoms with E-state index in [1.54, 1.807) is 36.4 Å². The monoisotopic (exact) mass is 396 g/mol. The molecule has 0 unspecified atom stereocenters. The summed E-state index contributed by atoms with van der Waals surface area (Å²) in [5.41, 5.74) is 1.16. The van der Waals surface area contributed by atoms with Crippen LogP contribution >= 0.6 is 0 Å². The van der Waals surface area contributed by atoms with Gasteiger partial charge in [-0.2, -0.15) is 4.31 Å². The van der Waals surface area contributed by atoms with Gasteiger partial charge in [0.15, 0.2) is 0 Å². The smallest absolute Gasteiger partial charge is 0.243 e. The number of ether oxygens (including phenoxy) is 1. The summed E-state index contributed by atoms with van der Waals surface area (Å²) in [6.07, 6.45) is 1.12. The van der Waals surface area contributed by atoms with Gasteiger partial charge in [0.05, 0.1) is 23.9 Å². The standard InChI is InChI=1S/C17H20N2O5S2/c1-24-15-7-9-16(10-8-15)26(22,23)18-11-12-19(25(2,20)21)17-6-4-3-5-14(17)13-18/h3-10H,11-13H2,1-2H3. The van der Waals surface area contributed by atoms with Crippen LogP contribution in [0.1, 0.15) is 5.56 Å². The number of para-hydroxylation sites is 1. The summed E-state index contributed by atoms with van der Waals surface area (Å²) in [4.78, 5) is 0.142. The van der Waals surface area contributed by atoms with Gasteiger partial charge in [0.2, 0.25) is 20.0 Å². The Morgan fingerprint density at radius 3 is 2.19 bits per heavy atom. The highest BCUT2D eigenvalue weighted by Crippen LogP contribution is 2.30. The average Bonchev–Trinajstić information content (AvgIpc) is 2.81. The molecule has 9 heteroatoms. The predicted octanol–water partition coefficient (Wildman–Crippen LogP) is 1.67. The van der Waals surface area contributed by atoms with Crippen molar-refractivity contribution in [3.05, 3.63) is 54.1 Å². The molecule has 0 aromatic heterocycles. The van der Waals surface area contributed by atoms with Gasteiger partial charge in [-0.25, -0.2) is 16.8 Å². The highest BCUT2D eigenvalue weighted by Gasteiger charge is 2.31. The van der Waals surface area contributed by atoms with Crippen LogP contribution < -0.4 is 9.04 Å². The summed E-state index contributed by atoms with van der Waals surface area (Å²) in [7, 11) is -5.77. The van der Waals surface area contributed by atoms with E-state index in [1.807, 2.05) is 0 Å². The van der Waals surface area contributed by atoms with Gasteiger partial charge >= 0.3 is 0 Å². The number of hydrogen-bond donors (Lipinski definition) is 0. The van der Waals surface area contributed by atoms with Crippen molar-refractivity contribution in [1.82, 2.24) is 4.31 Å². The maximum absolute atomic E-state index is 13.0. The molecule has 2 aromatic carbocycles. The number of sulfonamides is 2. The molecular weight excluding hydrogens is 376 g/mol. The van der Waals surface area contributed by atoms with E-state index < -0.39 is 20.0 Å². The van der Waals surface area contributed by atoms with E-state index in [2.05, 4.69) is 0 Å². The van der Waals surface area contributed by atoms with Gasteiger partial charge in [0, 0.05) is 19.6 Å². The third-order valence-electron chi connectivity index (χ3n) is 4.26. The van der Waals surface area contributed by atoms with E-state index in [9.17, 15) is 16.8 Å². The summed E-state index contributed by atoms with van der Waals surface area (Å²) in [5, 5.41) is 0. The minimum Gasteiger partial charge on any atom is -0.497 e. The zero-order chi connectivity index (χ0) is 18.9. The van der Waals surface area contributed by atoms with Gasteiger partial charge in [-0.15, -0.1) is 0 Å². The van der Waals surface area contributed by atoms with Crippen molar-refractivity contribution < 1.29 is 21.6 Å². The number of benzene rings is 2. The Labute approximate surface area is 153 Å². The lowest BCUT2D eigenvalue weighted by Crippen LogP contribution is -2.37. The maximum atomic E-state index is 13.0. The molecule has 0 radical (unpaired) electrons. The second-order valence-corrected chi connectivity index (χ2v) is 9.82. The van der Waals surface area contributed by atoms with Crippen LogP contribution in [0, 0.1) is 0 Å². The lowest BCUT2D eigenvalue weighted by molar-refractivity contribution is 0.413. The number of fused-ring (bicyclic) bond motifs is 1. The van der Waals surface area contributed by atoms with Gasteiger partial charge < -0.3 is 4.74 Å². The molecule has 1 aliphatic heterocycles. The molecule has 1 aliphatic rings. The fourth-order valence-corrected chi connectivity index (χ4v) is 5.28. The minimum atomic E-state index is -3.77. The van der Waals surface area contributed by atoms with Crippen LogP contribution in [-0.4, -0.2) is 47.6 Å². The van der Waals surface area contributed by atoms with Gasteiger partial charge in [-0.05, 0) is 35.9 Å². The van der Waals surface area contributed by atoms with Crippen LogP contribution in [0.4, 0.5) is 5.69 Å². The number of hydrogen-bond acceptors (Lipinski definition) is 5. The van der Waals surface area contributed by atoms with Crippen LogP contribution in [0.25, 0.3) is 0 Å². The van der Waals surface area contributed by atoms with E-state index in [0.717, 1.165) is 6.26 Å². The molecule has 0 fully saturated rings. The van der Waals surface area contributed by atoms with Crippen LogP contribution in [0.5, 0.6) is 5.75 Å². The molecule has 26 heavy (non-hydrogen) atoms. The summed E-state index contributed by atoms with van der Waals surface area (Å²) in [6.45, 7) is 0.234. The molecule has 0 spiro atoms. The molecule has 0 saturated carbocycles. The van der Waals surface area contributed by atoms with E-state index in [4.69, 9.17) is 4.74 Å². The Morgan fingerprint density at radius 2 is 1.58 bits per heavy atom. The Hall–Kier alpha value is -2.10. The highest BCUT2D eigenvalue weighted by molar-refractivity contribution is 7.92. The van der Waals surface area contributed by atoms with Crippen molar-refractivity contribution >= 4 is 25.7 Å². The van der Waals surface area contributed by atoms with Crippen LogP contribution in [-0.2, 0) is 26.6 Å². The van der Waals surface area contributed by atoms with Gasteiger partial charge in [-0.1, -0.05) is 18.2 Å². The fraction of sp³-hybridized carbons (Fsp3) is 0.294. The van der Waals surface area contributed by atoms with Crippen LogP contribution in [0.3, 0.4) is 0 Å². The summed E-state index contributed by atoms with van der Waals surface area (Å²) in [5.74, 6) is 0.563. The van der Waals surface area contributed by atoms with E-state index in [1.165, 1.54) is 27.9 Å². The quantitative estimate of drug-likeness (QED) is 0.785. The largest absolute Gasteiger partial charge is 0.497 e. The van der Waals surface area contributed by atoms with Crippen molar-refractivity contribution in [2.75, 3.05) is 30.8 Å². The zero-order valence-corrected chi connectivity index (χ0v) is 16.1. The first-order chi connectivity index (χ1) is 12.2. The lowest BCUT2D eigenvalue weighted by Gasteiger charge is -2.22. The van der Waals surface area contributed by atoms with Gasteiger partial charge in [0.25, 0.3) is 0 Å². The predicted molar refractivity (Wildman–Crippen MR) is 99.2 cm³/mol. The number of anilines is 1. The third kappa shape index (κ3) is 3.55. The Kier molecular flexibility index (Phi) is 4.96. The van der Waals surface area contributed by atoms with E-state index in [-0.39, 0.29) is 24.5 Å². The number of methoxy groups -OCH3 is 1. The van der Waals surface area contributed by atoms with Crippen molar-refractivity contribution in [3.63, 3.8) is 0 Å². The van der Waals surface area contributed by atoms with E-state index >= 15 is 0 Å². The first kappa shape index (κ1) is 18.7. The molecule has 0 N–H and O–H groups in total. The second-order valence-electron chi connectivity index (χ2n) is 5.98. The second kappa shape index (κ2) is 6.90. The molecule has 0 bridgehead atoms. The molecule has 0 amide bonds. The molecule has 0 aliphatic carbocycles. The Morgan fingerprint density at radius 1 is 0.923 bits per heavy atom. The molecule has 2 aromatic rings. The van der Waals surface area contributed by atoms with Crippen molar-refractivity contribution in [3.8, 4) is 5.75 Å². The maximum Gasteiger partial charge on any atom is 0.243 e. The van der Waals surface area contributed by atoms with Crippen molar-refractivity contribution in [1.29, 1.82) is 0 Å². The highest BCUT2D eigenvalue weighted by atomic mass is 32.2. The zero-order valence-electron chi connectivity index (χ0n) is 14.5. The molecule has 3 rings (SSSR count). The van der Waals surface area contributed by atoms with E-state index in [0.29, 0.717) is 17.0 Å². The lowest BCUT2D eigenvalue weighted by atomic mass is 10.2. The first-order valence-electron chi connectivity index (χ1n) is 7.93. The average molecular weight is 396 g/mol. The SMILES string of the molecule is COc1ccc(S(=O)(=O)N2CCN(S(C)(=O)=O)c3ccccc3C2)cc1. The van der Waals surface area contributed by atoms with Crippen molar-refractivity contribution in [2.24, 2.45) is 0 Å². The molecule has 140 valence electrons. The minimum absolute atomic E-state index is 0.0607. The molecule has 1 heterocycles. The number of rotatable bonds is 4. The summed E-state index contributed by atoms with van der Waals surface area (Å²) < 4.78 is 58.0. The fourth-order valence-electron chi connectivity index (χ4n) is 2.93. The van der Waals surface area contributed by atoms with Crippen LogP contribution in [0.15, 0.2) is 53.4 Å². The number of nitrogens with zero attached hydrogens (tertiary/aromatic N) is 2. The molecule has 0 atom stereocenters. The van der Waals surface area contributed by atoms with Crippen LogP contribution in [0.2, 0.25) is 0 Å². The molecule has 0 saturated heterocycles. The summed E-state index contributed by atoms with van der Waals surface area (Å²) in [6, 6.07) is 13.1. The normalized spacial score (nSPS) is 16.0. The third-order valence-corrected chi connectivity index (χ3v) is 7.30. The molecular formula is C17H20N2O5S2.